The van der Waals surface area contributed by atoms with E-state index in [1.165, 1.54) is 28.8 Å². The van der Waals surface area contributed by atoms with Crippen molar-refractivity contribution in [2.24, 2.45) is 0 Å². The first-order valence-corrected chi connectivity index (χ1v) is 8.61. The molecule has 30 heavy (non-hydrogen) atoms. The lowest BCUT2D eigenvalue weighted by Crippen LogP contribution is -2.11. The number of hydrogen-bond donors (Lipinski definition) is 1. The second-order valence-electron chi connectivity index (χ2n) is 6.45. The van der Waals surface area contributed by atoms with Crippen molar-refractivity contribution in [3.63, 3.8) is 0 Å². The van der Waals surface area contributed by atoms with E-state index < -0.39 is 40.6 Å². The van der Waals surface area contributed by atoms with E-state index in [9.17, 15) is 27.2 Å². The van der Waals surface area contributed by atoms with E-state index in [-0.39, 0.29) is 22.4 Å². The van der Waals surface area contributed by atoms with Gasteiger partial charge >= 0.3 is 5.97 Å². The molecule has 4 aromatic rings. The number of aromatic nitrogens is 1. The van der Waals surface area contributed by atoms with Crippen LogP contribution in [0.1, 0.15) is 26.4 Å². The molecule has 2 aromatic carbocycles. The molecular weight excluding hydrogens is 402 g/mol. The zero-order chi connectivity index (χ0) is 21.6. The van der Waals surface area contributed by atoms with Crippen molar-refractivity contribution < 1.29 is 32.3 Å². The molecule has 150 valence electrons. The Balaban J connectivity index is 1.94. The molecule has 0 aliphatic heterocycles. The molecule has 0 saturated heterocycles. The Labute approximate surface area is 166 Å². The summed E-state index contributed by atoms with van der Waals surface area (Å²) in [5.41, 5.74) is -1.02. The fraction of sp³-hybridized carbons (Fsp3) is 0. The van der Waals surface area contributed by atoms with E-state index in [0.717, 1.165) is 6.07 Å². The molecule has 0 fully saturated rings. The standard InChI is InChI=1S/C22H11F4NO3/c23-14-6-7-15(24)20(26)19(14)21(28)18-10-13(17-3-1-2-8-27(17)18)12-5-4-11(22(29)30)9-16(12)25/h1-10H,(H,29,30). The predicted octanol–water partition coefficient (Wildman–Crippen LogP) is 5.09. The number of nitrogens with zero attached hydrogens (tertiary/aromatic N) is 1. The maximum absolute atomic E-state index is 14.6. The van der Waals surface area contributed by atoms with Gasteiger partial charge in [0.25, 0.3) is 0 Å². The fourth-order valence-corrected chi connectivity index (χ4v) is 3.27. The molecule has 4 nitrogen and oxygen atoms in total. The number of aromatic carboxylic acids is 1. The molecular formula is C22H11F4NO3. The van der Waals surface area contributed by atoms with Crippen LogP contribution < -0.4 is 0 Å². The Kier molecular flexibility index (Phi) is 4.62. The lowest BCUT2D eigenvalue weighted by atomic mass is 10.0. The van der Waals surface area contributed by atoms with Crippen LogP contribution in [0.15, 0.2) is 60.8 Å². The van der Waals surface area contributed by atoms with Crippen LogP contribution >= 0.6 is 0 Å². The Hall–Kier alpha value is -3.94. The number of halogens is 4. The first-order valence-electron chi connectivity index (χ1n) is 8.61. The lowest BCUT2D eigenvalue weighted by molar-refractivity contribution is 0.0696. The van der Waals surface area contributed by atoms with Gasteiger partial charge in [0.05, 0.1) is 22.3 Å². The van der Waals surface area contributed by atoms with Crippen molar-refractivity contribution in [2.45, 2.75) is 0 Å². The van der Waals surface area contributed by atoms with Crippen LogP contribution in [-0.4, -0.2) is 21.3 Å². The van der Waals surface area contributed by atoms with Gasteiger partial charge in [0, 0.05) is 17.3 Å². The van der Waals surface area contributed by atoms with Gasteiger partial charge in [-0.25, -0.2) is 22.4 Å². The number of fused-ring (bicyclic) bond motifs is 1. The third kappa shape index (κ3) is 3.02. The third-order valence-electron chi connectivity index (χ3n) is 4.69. The number of carbonyl (C=O) groups is 2. The minimum atomic E-state index is -1.62. The van der Waals surface area contributed by atoms with Crippen molar-refractivity contribution in [1.82, 2.24) is 4.40 Å². The zero-order valence-electron chi connectivity index (χ0n) is 15.0. The van der Waals surface area contributed by atoms with Crippen LogP contribution in [0.2, 0.25) is 0 Å². The molecule has 0 atom stereocenters. The molecule has 0 unspecified atom stereocenters. The molecule has 0 aliphatic carbocycles. The number of ketones is 1. The van der Waals surface area contributed by atoms with E-state index in [0.29, 0.717) is 17.6 Å². The normalized spacial score (nSPS) is 11.1. The van der Waals surface area contributed by atoms with Gasteiger partial charge in [-0.1, -0.05) is 12.1 Å². The summed E-state index contributed by atoms with van der Waals surface area (Å²) in [6, 6.07) is 10.4. The molecule has 0 amide bonds. The second kappa shape index (κ2) is 7.14. The van der Waals surface area contributed by atoms with Gasteiger partial charge in [-0.2, -0.15) is 0 Å². The average molecular weight is 413 g/mol. The van der Waals surface area contributed by atoms with Gasteiger partial charge in [0.1, 0.15) is 11.6 Å². The number of pyridine rings is 1. The van der Waals surface area contributed by atoms with Crippen molar-refractivity contribution in [3.05, 3.63) is 101 Å². The summed E-state index contributed by atoms with van der Waals surface area (Å²) in [5, 5.41) is 9.00. The van der Waals surface area contributed by atoms with Crippen molar-refractivity contribution in [3.8, 4) is 11.1 Å². The molecule has 8 heteroatoms. The van der Waals surface area contributed by atoms with E-state index in [1.54, 1.807) is 18.2 Å². The average Bonchev–Trinajstić information content (AvgIpc) is 3.10. The maximum Gasteiger partial charge on any atom is 0.335 e. The molecule has 1 N–H and O–H groups in total. The first kappa shape index (κ1) is 19.4. The van der Waals surface area contributed by atoms with Crippen LogP contribution in [0, 0.1) is 23.3 Å². The molecule has 0 radical (unpaired) electrons. The van der Waals surface area contributed by atoms with Crippen LogP contribution in [0.4, 0.5) is 17.6 Å². The van der Waals surface area contributed by atoms with Gasteiger partial charge in [0.2, 0.25) is 5.78 Å². The van der Waals surface area contributed by atoms with Crippen LogP contribution in [0.25, 0.3) is 16.6 Å². The van der Waals surface area contributed by atoms with Gasteiger partial charge in [-0.15, -0.1) is 0 Å². The van der Waals surface area contributed by atoms with Crippen molar-refractivity contribution >= 4 is 17.3 Å². The number of hydrogen-bond acceptors (Lipinski definition) is 2. The third-order valence-corrected chi connectivity index (χ3v) is 4.69. The summed E-state index contributed by atoms with van der Waals surface area (Å²) < 4.78 is 57.8. The molecule has 0 aliphatic rings. The summed E-state index contributed by atoms with van der Waals surface area (Å²) in [6.07, 6.45) is 1.44. The largest absolute Gasteiger partial charge is 0.478 e. The Morgan fingerprint density at radius 2 is 1.53 bits per heavy atom. The van der Waals surface area contributed by atoms with E-state index in [1.807, 2.05) is 0 Å². The molecule has 2 aromatic heterocycles. The minimum absolute atomic E-state index is 0.0112. The molecule has 2 heterocycles. The Bertz CT molecular complexity index is 1340. The highest BCUT2D eigenvalue weighted by molar-refractivity contribution is 6.10. The number of benzene rings is 2. The van der Waals surface area contributed by atoms with Gasteiger partial charge in [-0.05, 0) is 42.5 Å². The highest BCUT2D eigenvalue weighted by atomic mass is 19.2. The van der Waals surface area contributed by atoms with Crippen LogP contribution in [0.3, 0.4) is 0 Å². The van der Waals surface area contributed by atoms with Crippen LogP contribution in [0.5, 0.6) is 0 Å². The van der Waals surface area contributed by atoms with E-state index >= 15 is 0 Å². The summed E-state index contributed by atoms with van der Waals surface area (Å²) in [7, 11) is 0. The summed E-state index contributed by atoms with van der Waals surface area (Å²) in [6.45, 7) is 0. The Morgan fingerprint density at radius 3 is 2.23 bits per heavy atom. The highest BCUT2D eigenvalue weighted by Gasteiger charge is 2.26. The molecule has 0 spiro atoms. The molecule has 4 rings (SSSR count). The van der Waals surface area contributed by atoms with Gasteiger partial charge < -0.3 is 9.51 Å². The van der Waals surface area contributed by atoms with Crippen LogP contribution in [-0.2, 0) is 0 Å². The van der Waals surface area contributed by atoms with E-state index in [4.69, 9.17) is 5.11 Å². The van der Waals surface area contributed by atoms with Crippen molar-refractivity contribution in [1.29, 1.82) is 0 Å². The topological polar surface area (TPSA) is 58.8 Å². The lowest BCUT2D eigenvalue weighted by Gasteiger charge is -2.05. The number of rotatable bonds is 4. The molecule has 0 saturated carbocycles. The SMILES string of the molecule is O=C(O)c1ccc(-c2cc(C(=O)c3c(F)ccc(F)c3F)n3ccccc23)c(F)c1. The zero-order valence-corrected chi connectivity index (χ0v) is 15.0. The smallest absolute Gasteiger partial charge is 0.335 e. The fourth-order valence-electron chi connectivity index (χ4n) is 3.27. The quantitative estimate of drug-likeness (QED) is 0.288. The van der Waals surface area contributed by atoms with Gasteiger partial charge in [0.15, 0.2) is 11.6 Å². The molecule has 0 bridgehead atoms. The number of carbonyl (C=O) groups excluding carboxylic acids is 1. The summed E-state index contributed by atoms with van der Waals surface area (Å²) in [4.78, 5) is 23.9. The van der Waals surface area contributed by atoms with E-state index in [2.05, 4.69) is 0 Å². The number of carboxylic acids is 1. The maximum atomic E-state index is 14.6. The monoisotopic (exact) mass is 413 g/mol. The van der Waals surface area contributed by atoms with Crippen molar-refractivity contribution in [2.75, 3.05) is 0 Å². The summed E-state index contributed by atoms with van der Waals surface area (Å²) >= 11 is 0. The first-order chi connectivity index (χ1) is 14.3. The predicted molar refractivity (Wildman–Crippen MR) is 99.5 cm³/mol. The second-order valence-corrected chi connectivity index (χ2v) is 6.45. The van der Waals surface area contributed by atoms with Gasteiger partial charge in [-0.3, -0.25) is 4.79 Å². The highest BCUT2D eigenvalue weighted by Crippen LogP contribution is 2.32. The Morgan fingerprint density at radius 1 is 0.800 bits per heavy atom. The number of carboxylic acid groups (broad SMARTS) is 1. The summed E-state index contributed by atoms with van der Waals surface area (Å²) in [5.74, 6) is -7.52. The minimum Gasteiger partial charge on any atom is -0.478 e.